The fourth-order valence-corrected chi connectivity index (χ4v) is 1.07. The van der Waals surface area contributed by atoms with Gasteiger partial charge in [-0.2, -0.15) is 0 Å². The van der Waals surface area contributed by atoms with E-state index in [1.54, 1.807) is 24.3 Å². The highest BCUT2D eigenvalue weighted by Gasteiger charge is 2.14. The number of anilines is 1. The molecule has 0 bridgehead atoms. The van der Waals surface area contributed by atoms with E-state index in [0.717, 1.165) is 5.69 Å². The number of hydrogen-bond donors (Lipinski definition) is 3. The average molecular weight is 177 g/mol. The van der Waals surface area contributed by atoms with Crippen LogP contribution in [0.25, 0.3) is 0 Å². The third kappa shape index (κ3) is 2.61. The molecule has 0 saturated carbocycles. The minimum absolute atomic E-state index is 0.476. The lowest BCUT2D eigenvalue weighted by molar-refractivity contribution is 0.426. The first-order chi connectivity index (χ1) is 6.25. The predicted molar refractivity (Wildman–Crippen MR) is 55.0 cm³/mol. The van der Waals surface area contributed by atoms with Crippen LogP contribution < -0.4 is 10.8 Å². The first-order valence-corrected chi connectivity index (χ1v) is 4.05. The zero-order valence-electron chi connectivity index (χ0n) is 7.27. The van der Waals surface area contributed by atoms with Crippen LogP contribution in [0.5, 0.6) is 0 Å². The summed E-state index contributed by atoms with van der Waals surface area (Å²) in [7, 11) is -1.44. The largest absolute Gasteiger partial charge is 0.490 e. The van der Waals surface area contributed by atoms with E-state index in [1.165, 1.54) is 0 Å². The Balaban J connectivity index is 2.84. The first-order valence-electron chi connectivity index (χ1n) is 4.05. The smallest absolute Gasteiger partial charge is 0.423 e. The molecule has 0 aliphatic rings. The lowest BCUT2D eigenvalue weighted by atomic mass is 9.79. The fraction of sp³-hybridized carbons (Fsp3) is 0.111. The lowest BCUT2D eigenvalue weighted by Crippen LogP contribution is -2.32. The van der Waals surface area contributed by atoms with Gasteiger partial charge in [0.1, 0.15) is 0 Å². The molecule has 1 rings (SSSR count). The van der Waals surface area contributed by atoms with Gasteiger partial charge in [0.05, 0.1) is 0 Å². The molecular weight excluding hydrogens is 165 g/mol. The van der Waals surface area contributed by atoms with Crippen LogP contribution in [-0.4, -0.2) is 23.7 Å². The number of benzene rings is 1. The molecule has 0 saturated heterocycles. The van der Waals surface area contributed by atoms with Crippen molar-refractivity contribution in [2.75, 3.05) is 11.9 Å². The number of rotatable bonds is 4. The van der Waals surface area contributed by atoms with Gasteiger partial charge in [0.25, 0.3) is 0 Å². The maximum Gasteiger partial charge on any atom is 0.490 e. The van der Waals surface area contributed by atoms with E-state index >= 15 is 0 Å². The Kier molecular flexibility index (Phi) is 3.55. The molecule has 68 valence electrons. The molecule has 1 aromatic rings. The second-order valence-corrected chi connectivity index (χ2v) is 2.63. The van der Waals surface area contributed by atoms with Gasteiger partial charge < -0.3 is 15.4 Å². The van der Waals surface area contributed by atoms with Crippen LogP contribution in [0, 0.1) is 0 Å². The summed E-state index contributed by atoms with van der Waals surface area (Å²) in [4.78, 5) is 0. The van der Waals surface area contributed by atoms with Crippen LogP contribution in [0.2, 0.25) is 0 Å². The molecule has 4 heteroatoms. The Morgan fingerprint density at radius 1 is 1.38 bits per heavy atom. The van der Waals surface area contributed by atoms with E-state index in [1.807, 2.05) is 6.07 Å². The molecule has 3 nitrogen and oxygen atoms in total. The summed E-state index contributed by atoms with van der Waals surface area (Å²) < 4.78 is 0. The van der Waals surface area contributed by atoms with Gasteiger partial charge in [0.2, 0.25) is 0 Å². The van der Waals surface area contributed by atoms with Gasteiger partial charge in [-0.05, 0) is 6.07 Å². The Bertz CT molecular complexity index is 289. The summed E-state index contributed by atoms with van der Waals surface area (Å²) >= 11 is 0. The Morgan fingerprint density at radius 2 is 2.08 bits per heavy atom. The minimum atomic E-state index is -1.44. The van der Waals surface area contributed by atoms with Crippen molar-refractivity contribution >= 4 is 18.3 Å². The summed E-state index contributed by atoms with van der Waals surface area (Å²) in [5.74, 6) is 0. The fourth-order valence-electron chi connectivity index (χ4n) is 1.07. The van der Waals surface area contributed by atoms with Crippen molar-refractivity contribution < 1.29 is 10.0 Å². The highest BCUT2D eigenvalue weighted by atomic mass is 16.4. The maximum absolute atomic E-state index is 8.99. The van der Waals surface area contributed by atoms with Gasteiger partial charge >= 0.3 is 7.12 Å². The second-order valence-electron chi connectivity index (χ2n) is 2.63. The first kappa shape index (κ1) is 9.83. The van der Waals surface area contributed by atoms with Crippen LogP contribution in [0.1, 0.15) is 0 Å². The van der Waals surface area contributed by atoms with E-state index < -0.39 is 7.12 Å². The molecule has 0 heterocycles. The third-order valence-corrected chi connectivity index (χ3v) is 1.68. The van der Waals surface area contributed by atoms with Crippen molar-refractivity contribution in [3.8, 4) is 0 Å². The second kappa shape index (κ2) is 4.69. The molecule has 1 aromatic carbocycles. The van der Waals surface area contributed by atoms with Crippen LogP contribution in [-0.2, 0) is 0 Å². The van der Waals surface area contributed by atoms with Gasteiger partial charge in [-0.1, -0.05) is 24.3 Å². The van der Waals surface area contributed by atoms with E-state index in [9.17, 15) is 0 Å². The van der Waals surface area contributed by atoms with Gasteiger partial charge in [0, 0.05) is 17.7 Å². The molecular formula is C9H12BNO2. The summed E-state index contributed by atoms with van der Waals surface area (Å²) in [6.07, 6.45) is 1.71. The van der Waals surface area contributed by atoms with Gasteiger partial charge in [-0.25, -0.2) is 0 Å². The highest BCUT2D eigenvalue weighted by Crippen LogP contribution is 2.02. The Hall–Kier alpha value is -1.26. The van der Waals surface area contributed by atoms with Crippen molar-refractivity contribution in [1.82, 2.24) is 0 Å². The highest BCUT2D eigenvalue weighted by molar-refractivity contribution is 6.60. The van der Waals surface area contributed by atoms with Crippen molar-refractivity contribution in [1.29, 1.82) is 0 Å². The van der Waals surface area contributed by atoms with Crippen LogP contribution >= 0.6 is 0 Å². The van der Waals surface area contributed by atoms with Crippen LogP contribution in [0.3, 0.4) is 0 Å². The lowest BCUT2D eigenvalue weighted by Gasteiger charge is -2.09. The molecule has 0 unspecified atom stereocenters. The SMILES string of the molecule is C=CCNc1ccccc1B(O)O. The van der Waals surface area contributed by atoms with E-state index in [0.29, 0.717) is 12.0 Å². The van der Waals surface area contributed by atoms with Gasteiger partial charge in [-0.15, -0.1) is 6.58 Å². The molecule has 0 atom stereocenters. The normalized spacial score (nSPS) is 9.38. The van der Waals surface area contributed by atoms with Crippen molar-refractivity contribution in [2.24, 2.45) is 0 Å². The summed E-state index contributed by atoms with van der Waals surface area (Å²) in [6, 6.07) is 7.04. The summed E-state index contributed by atoms with van der Waals surface area (Å²) in [5.41, 5.74) is 1.20. The maximum atomic E-state index is 8.99. The average Bonchev–Trinajstić information content (AvgIpc) is 2.15. The molecule has 0 fully saturated rings. The quantitative estimate of drug-likeness (QED) is 0.447. The Morgan fingerprint density at radius 3 is 2.69 bits per heavy atom. The van der Waals surface area contributed by atoms with Crippen molar-refractivity contribution in [3.05, 3.63) is 36.9 Å². The number of para-hydroxylation sites is 1. The number of hydrogen-bond acceptors (Lipinski definition) is 3. The molecule has 3 N–H and O–H groups in total. The molecule has 0 aliphatic heterocycles. The van der Waals surface area contributed by atoms with Gasteiger partial charge in [-0.3, -0.25) is 0 Å². The van der Waals surface area contributed by atoms with Crippen molar-refractivity contribution in [2.45, 2.75) is 0 Å². The third-order valence-electron chi connectivity index (χ3n) is 1.68. The number of nitrogens with one attached hydrogen (secondary N) is 1. The summed E-state index contributed by atoms with van der Waals surface area (Å²) in [6.45, 7) is 4.16. The molecule has 0 aliphatic carbocycles. The summed E-state index contributed by atoms with van der Waals surface area (Å²) in [5, 5.41) is 21.0. The Labute approximate surface area is 77.9 Å². The van der Waals surface area contributed by atoms with Crippen molar-refractivity contribution in [3.63, 3.8) is 0 Å². The van der Waals surface area contributed by atoms with Crippen LogP contribution in [0.15, 0.2) is 36.9 Å². The van der Waals surface area contributed by atoms with Gasteiger partial charge in [0.15, 0.2) is 0 Å². The topological polar surface area (TPSA) is 52.5 Å². The minimum Gasteiger partial charge on any atom is -0.423 e. The molecule has 0 radical (unpaired) electrons. The predicted octanol–water partition coefficient (Wildman–Crippen LogP) is -0.0357. The zero-order valence-corrected chi connectivity index (χ0v) is 7.27. The molecule has 0 aromatic heterocycles. The standard InChI is InChI=1S/C9H12BNO2/c1-2-7-11-9-6-4-3-5-8(9)10(12)13/h2-6,11-13H,1,7H2. The van der Waals surface area contributed by atoms with E-state index in [-0.39, 0.29) is 0 Å². The van der Waals surface area contributed by atoms with Crippen LogP contribution in [0.4, 0.5) is 5.69 Å². The zero-order chi connectivity index (χ0) is 9.68. The van der Waals surface area contributed by atoms with E-state index in [2.05, 4.69) is 11.9 Å². The molecule has 0 spiro atoms. The molecule has 0 amide bonds. The monoisotopic (exact) mass is 177 g/mol. The molecule has 13 heavy (non-hydrogen) atoms. The van der Waals surface area contributed by atoms with E-state index in [4.69, 9.17) is 10.0 Å².